The molecular weight excluding hydrogens is 685 g/mol. The molecular formula is C49H86O6. The molecule has 0 aliphatic heterocycles. The van der Waals surface area contributed by atoms with Gasteiger partial charge in [-0.05, 0) is 57.8 Å². The van der Waals surface area contributed by atoms with Gasteiger partial charge in [0.1, 0.15) is 13.2 Å². The second kappa shape index (κ2) is 44.1. The summed E-state index contributed by atoms with van der Waals surface area (Å²) >= 11 is 0. The number of hydrogen-bond acceptors (Lipinski definition) is 6. The minimum atomic E-state index is -0.777. The van der Waals surface area contributed by atoms with Gasteiger partial charge in [-0.15, -0.1) is 0 Å². The highest BCUT2D eigenvalue weighted by atomic mass is 16.6. The Morgan fingerprint density at radius 1 is 0.382 bits per heavy atom. The van der Waals surface area contributed by atoms with Crippen LogP contribution in [0.4, 0.5) is 0 Å². The average molecular weight is 771 g/mol. The molecule has 0 amide bonds. The van der Waals surface area contributed by atoms with Crippen LogP contribution in [0.25, 0.3) is 0 Å². The zero-order valence-corrected chi connectivity index (χ0v) is 36.2. The molecule has 0 fully saturated rings. The molecule has 0 spiro atoms. The SMILES string of the molecule is CC\C=C/C=C\C=C/CCCCCCCCCC(=O)OCC(COC(=O)CCCCCC/C=C\CCCC)OC(=O)CCCCCCCCCCCCCC. The summed E-state index contributed by atoms with van der Waals surface area (Å²) in [6, 6.07) is 0. The van der Waals surface area contributed by atoms with Crippen LogP contribution in [0, 0.1) is 0 Å². The molecule has 318 valence electrons. The van der Waals surface area contributed by atoms with E-state index in [-0.39, 0.29) is 31.1 Å². The summed E-state index contributed by atoms with van der Waals surface area (Å²) in [7, 11) is 0. The van der Waals surface area contributed by atoms with E-state index < -0.39 is 6.10 Å². The van der Waals surface area contributed by atoms with Gasteiger partial charge in [-0.1, -0.05) is 198 Å². The normalized spacial score (nSPS) is 12.4. The van der Waals surface area contributed by atoms with E-state index in [1.54, 1.807) is 0 Å². The second-order valence-electron chi connectivity index (χ2n) is 15.3. The molecule has 55 heavy (non-hydrogen) atoms. The quantitative estimate of drug-likeness (QED) is 0.0202. The van der Waals surface area contributed by atoms with Gasteiger partial charge >= 0.3 is 17.9 Å². The summed E-state index contributed by atoms with van der Waals surface area (Å²) < 4.78 is 16.7. The predicted octanol–water partition coefficient (Wildman–Crippen LogP) is 14.8. The summed E-state index contributed by atoms with van der Waals surface area (Å²) in [5.74, 6) is -0.906. The second-order valence-corrected chi connectivity index (χ2v) is 15.3. The van der Waals surface area contributed by atoms with Crippen LogP contribution in [0.1, 0.15) is 226 Å². The minimum Gasteiger partial charge on any atom is -0.462 e. The molecule has 0 N–H and O–H groups in total. The highest BCUT2D eigenvalue weighted by Gasteiger charge is 2.19. The number of allylic oxidation sites excluding steroid dienone is 8. The first kappa shape index (κ1) is 52.4. The van der Waals surface area contributed by atoms with Gasteiger partial charge in [-0.25, -0.2) is 0 Å². The van der Waals surface area contributed by atoms with Crippen LogP contribution in [0.5, 0.6) is 0 Å². The van der Waals surface area contributed by atoms with Crippen molar-refractivity contribution in [2.75, 3.05) is 13.2 Å². The van der Waals surface area contributed by atoms with Gasteiger partial charge in [0, 0.05) is 19.3 Å². The van der Waals surface area contributed by atoms with Crippen molar-refractivity contribution in [3.8, 4) is 0 Å². The van der Waals surface area contributed by atoms with Crippen molar-refractivity contribution in [1.82, 2.24) is 0 Å². The molecule has 0 aromatic rings. The van der Waals surface area contributed by atoms with E-state index >= 15 is 0 Å². The number of unbranched alkanes of at least 4 members (excludes halogenated alkanes) is 24. The van der Waals surface area contributed by atoms with E-state index in [4.69, 9.17) is 14.2 Å². The smallest absolute Gasteiger partial charge is 0.306 e. The van der Waals surface area contributed by atoms with E-state index in [0.717, 1.165) is 89.9 Å². The molecule has 0 bridgehead atoms. The standard InChI is InChI=1S/C49H86O6/c1-4-7-10-13-16-19-22-24-25-26-28-30-33-36-39-42-48(51)54-45-46(44-53-47(50)41-38-35-32-29-21-18-15-12-9-6-3)55-49(52)43-40-37-34-31-27-23-20-17-14-11-8-5-2/h7,10,13,15-16,18-19,22,46H,4-6,8-9,11-12,14,17,20-21,23-45H2,1-3H3/b10-7-,16-13-,18-15-,22-19-. The van der Waals surface area contributed by atoms with Crippen molar-refractivity contribution >= 4 is 17.9 Å². The maximum Gasteiger partial charge on any atom is 0.306 e. The Morgan fingerprint density at radius 3 is 1.20 bits per heavy atom. The Kier molecular flexibility index (Phi) is 42.0. The number of rotatable bonds is 41. The van der Waals surface area contributed by atoms with Crippen LogP contribution in [-0.4, -0.2) is 37.2 Å². The molecule has 6 nitrogen and oxygen atoms in total. The van der Waals surface area contributed by atoms with Crippen LogP contribution in [0.3, 0.4) is 0 Å². The zero-order valence-electron chi connectivity index (χ0n) is 36.2. The summed E-state index contributed by atoms with van der Waals surface area (Å²) in [5.41, 5.74) is 0. The molecule has 0 rings (SSSR count). The van der Waals surface area contributed by atoms with E-state index in [2.05, 4.69) is 69.4 Å². The molecule has 0 aromatic carbocycles. The number of ether oxygens (including phenoxy) is 3. The number of carbonyl (C=O) groups is 3. The fourth-order valence-corrected chi connectivity index (χ4v) is 6.36. The lowest BCUT2D eigenvalue weighted by molar-refractivity contribution is -0.167. The Labute approximate surface area is 339 Å². The van der Waals surface area contributed by atoms with Crippen molar-refractivity contribution in [3.05, 3.63) is 48.6 Å². The monoisotopic (exact) mass is 771 g/mol. The highest BCUT2D eigenvalue weighted by molar-refractivity contribution is 5.71. The molecule has 0 saturated heterocycles. The topological polar surface area (TPSA) is 78.9 Å². The van der Waals surface area contributed by atoms with Crippen LogP contribution in [0.2, 0.25) is 0 Å². The molecule has 0 aliphatic rings. The van der Waals surface area contributed by atoms with Gasteiger partial charge in [0.2, 0.25) is 0 Å². The first-order valence-corrected chi connectivity index (χ1v) is 23.2. The van der Waals surface area contributed by atoms with Gasteiger partial charge in [0.05, 0.1) is 0 Å². The third-order valence-corrected chi connectivity index (χ3v) is 9.88. The average Bonchev–Trinajstić information content (AvgIpc) is 3.18. The molecule has 1 atom stereocenters. The molecule has 6 heteroatoms. The fourth-order valence-electron chi connectivity index (χ4n) is 6.36. The maximum atomic E-state index is 12.7. The lowest BCUT2D eigenvalue weighted by Crippen LogP contribution is -2.30. The lowest BCUT2D eigenvalue weighted by atomic mass is 10.0. The van der Waals surface area contributed by atoms with Gasteiger partial charge in [0.15, 0.2) is 6.10 Å². The Balaban J connectivity index is 4.38. The van der Waals surface area contributed by atoms with E-state index in [1.165, 1.54) is 96.3 Å². The van der Waals surface area contributed by atoms with Crippen LogP contribution in [-0.2, 0) is 28.6 Å². The van der Waals surface area contributed by atoms with Crippen molar-refractivity contribution in [3.63, 3.8) is 0 Å². The third-order valence-electron chi connectivity index (χ3n) is 9.88. The third kappa shape index (κ3) is 42.4. The summed E-state index contributed by atoms with van der Waals surface area (Å²) in [6.45, 7) is 6.43. The van der Waals surface area contributed by atoms with Gasteiger partial charge in [-0.2, -0.15) is 0 Å². The van der Waals surface area contributed by atoms with E-state index in [1.807, 2.05) is 0 Å². The van der Waals surface area contributed by atoms with Gasteiger partial charge < -0.3 is 14.2 Å². The summed E-state index contributed by atoms with van der Waals surface area (Å²) in [5, 5.41) is 0. The van der Waals surface area contributed by atoms with Crippen molar-refractivity contribution in [2.45, 2.75) is 232 Å². The van der Waals surface area contributed by atoms with Crippen LogP contribution >= 0.6 is 0 Å². The van der Waals surface area contributed by atoms with Crippen molar-refractivity contribution in [2.24, 2.45) is 0 Å². The molecule has 0 radical (unpaired) electrons. The fraction of sp³-hybridized carbons (Fsp3) is 0.776. The maximum absolute atomic E-state index is 12.7. The zero-order chi connectivity index (χ0) is 40.1. The molecule has 0 heterocycles. The predicted molar refractivity (Wildman–Crippen MR) is 233 cm³/mol. The highest BCUT2D eigenvalue weighted by Crippen LogP contribution is 2.14. The number of carbonyl (C=O) groups excluding carboxylic acids is 3. The number of esters is 3. The Morgan fingerprint density at radius 2 is 0.745 bits per heavy atom. The van der Waals surface area contributed by atoms with E-state index in [9.17, 15) is 14.4 Å². The number of hydrogen-bond donors (Lipinski definition) is 0. The Hall–Kier alpha value is -2.63. The minimum absolute atomic E-state index is 0.0816. The van der Waals surface area contributed by atoms with Gasteiger partial charge in [0.25, 0.3) is 0 Å². The van der Waals surface area contributed by atoms with E-state index in [0.29, 0.717) is 19.3 Å². The Bertz CT molecular complexity index is 980. The largest absolute Gasteiger partial charge is 0.462 e. The molecule has 0 aliphatic carbocycles. The van der Waals surface area contributed by atoms with Crippen LogP contribution < -0.4 is 0 Å². The molecule has 1 unspecified atom stereocenters. The van der Waals surface area contributed by atoms with Crippen molar-refractivity contribution < 1.29 is 28.6 Å². The first-order valence-electron chi connectivity index (χ1n) is 23.2. The summed E-state index contributed by atoms with van der Waals surface area (Å²) in [6.07, 6.45) is 50.9. The summed E-state index contributed by atoms with van der Waals surface area (Å²) in [4.78, 5) is 37.7. The molecule has 0 saturated carbocycles. The van der Waals surface area contributed by atoms with Crippen molar-refractivity contribution in [1.29, 1.82) is 0 Å². The van der Waals surface area contributed by atoms with Gasteiger partial charge in [-0.3, -0.25) is 14.4 Å². The molecule has 0 aromatic heterocycles. The van der Waals surface area contributed by atoms with Crippen LogP contribution in [0.15, 0.2) is 48.6 Å². The first-order chi connectivity index (χ1) is 27.0. The lowest BCUT2D eigenvalue weighted by Gasteiger charge is -2.18.